The highest BCUT2D eigenvalue weighted by molar-refractivity contribution is 9.10. The molecule has 152 valence electrons. The number of halogens is 4. The Morgan fingerprint density at radius 1 is 0.966 bits per heavy atom. The van der Waals surface area contributed by atoms with E-state index in [9.17, 15) is 4.39 Å². The zero-order valence-electron chi connectivity index (χ0n) is 15.6. The highest BCUT2D eigenvalue weighted by atomic mass is 79.9. The molecular formula is C22H19BrCl2FNO2. The standard InChI is InChI=1S/C22H19BrCl2FNO2/c1-2-28-21-10-14(12-27-16-8-6-15(23)7-9-16)19(25)11-22(21)29-13-17-18(24)4-3-5-20(17)26/h3-11,27H,2,12-13H2,1H3. The predicted octanol–water partition coefficient (Wildman–Crippen LogP) is 7.48. The number of anilines is 1. The lowest BCUT2D eigenvalue weighted by Gasteiger charge is -2.16. The number of nitrogens with one attached hydrogen (secondary N) is 1. The van der Waals surface area contributed by atoms with Gasteiger partial charge in [-0.1, -0.05) is 45.2 Å². The molecule has 0 aliphatic heterocycles. The van der Waals surface area contributed by atoms with Crippen LogP contribution in [0.5, 0.6) is 11.5 Å². The second kappa shape index (κ2) is 10.2. The van der Waals surface area contributed by atoms with Gasteiger partial charge in [-0.15, -0.1) is 0 Å². The van der Waals surface area contributed by atoms with Crippen molar-refractivity contribution in [3.63, 3.8) is 0 Å². The van der Waals surface area contributed by atoms with Crippen LogP contribution in [0, 0.1) is 5.82 Å². The average Bonchev–Trinajstić information content (AvgIpc) is 2.69. The molecule has 0 spiro atoms. The molecular weight excluding hydrogens is 480 g/mol. The summed E-state index contributed by atoms with van der Waals surface area (Å²) in [4.78, 5) is 0. The second-order valence-electron chi connectivity index (χ2n) is 6.17. The lowest BCUT2D eigenvalue weighted by molar-refractivity contribution is 0.265. The van der Waals surface area contributed by atoms with Crippen LogP contribution in [-0.4, -0.2) is 6.61 Å². The van der Waals surface area contributed by atoms with E-state index in [1.54, 1.807) is 18.2 Å². The summed E-state index contributed by atoms with van der Waals surface area (Å²) in [7, 11) is 0. The van der Waals surface area contributed by atoms with Crippen molar-refractivity contribution >= 4 is 44.8 Å². The number of ether oxygens (including phenoxy) is 2. The van der Waals surface area contributed by atoms with Crippen LogP contribution < -0.4 is 14.8 Å². The van der Waals surface area contributed by atoms with Crippen molar-refractivity contribution in [3.8, 4) is 11.5 Å². The maximum Gasteiger partial charge on any atom is 0.163 e. The van der Waals surface area contributed by atoms with Gasteiger partial charge in [-0.25, -0.2) is 4.39 Å². The Morgan fingerprint density at radius 2 is 1.69 bits per heavy atom. The van der Waals surface area contributed by atoms with Gasteiger partial charge in [-0.3, -0.25) is 0 Å². The van der Waals surface area contributed by atoms with Crippen LogP contribution >= 0.6 is 39.1 Å². The summed E-state index contributed by atoms with van der Waals surface area (Å²) in [6.07, 6.45) is 0. The van der Waals surface area contributed by atoms with E-state index in [0.29, 0.717) is 34.7 Å². The molecule has 3 nitrogen and oxygen atoms in total. The van der Waals surface area contributed by atoms with Crippen molar-refractivity contribution in [2.24, 2.45) is 0 Å². The Kier molecular flexibility index (Phi) is 7.64. The molecule has 3 rings (SSSR count). The maximum absolute atomic E-state index is 14.0. The fraction of sp³-hybridized carbons (Fsp3) is 0.182. The molecule has 0 amide bonds. The second-order valence-corrected chi connectivity index (χ2v) is 7.90. The highest BCUT2D eigenvalue weighted by Gasteiger charge is 2.14. The van der Waals surface area contributed by atoms with Crippen molar-refractivity contribution in [1.29, 1.82) is 0 Å². The van der Waals surface area contributed by atoms with Gasteiger partial charge in [0.1, 0.15) is 12.4 Å². The first-order chi connectivity index (χ1) is 14.0. The summed E-state index contributed by atoms with van der Waals surface area (Å²) < 4.78 is 26.5. The SMILES string of the molecule is CCOc1cc(CNc2ccc(Br)cc2)c(Cl)cc1OCc1c(F)cccc1Cl. The van der Waals surface area contributed by atoms with E-state index in [1.165, 1.54) is 6.07 Å². The molecule has 29 heavy (non-hydrogen) atoms. The molecule has 7 heteroatoms. The zero-order valence-corrected chi connectivity index (χ0v) is 18.7. The molecule has 0 heterocycles. The molecule has 0 radical (unpaired) electrons. The van der Waals surface area contributed by atoms with E-state index in [2.05, 4.69) is 21.2 Å². The molecule has 0 saturated heterocycles. The Bertz CT molecular complexity index is 963. The Morgan fingerprint density at radius 3 is 2.38 bits per heavy atom. The van der Waals surface area contributed by atoms with Crippen molar-refractivity contribution in [2.75, 3.05) is 11.9 Å². The average molecular weight is 499 g/mol. The van der Waals surface area contributed by atoms with Gasteiger partial charge in [0.05, 0.1) is 11.6 Å². The Balaban J connectivity index is 1.77. The van der Waals surface area contributed by atoms with Crippen LogP contribution in [0.15, 0.2) is 59.1 Å². The third-order valence-electron chi connectivity index (χ3n) is 4.17. The van der Waals surface area contributed by atoms with Gasteiger partial charge in [0.15, 0.2) is 11.5 Å². The van der Waals surface area contributed by atoms with Gasteiger partial charge in [0.2, 0.25) is 0 Å². The van der Waals surface area contributed by atoms with Crippen LogP contribution in [0.4, 0.5) is 10.1 Å². The van der Waals surface area contributed by atoms with Crippen molar-refractivity contribution in [1.82, 2.24) is 0 Å². The lowest BCUT2D eigenvalue weighted by Crippen LogP contribution is -2.05. The molecule has 0 bridgehead atoms. The number of benzene rings is 3. The molecule has 3 aromatic carbocycles. The van der Waals surface area contributed by atoms with Crippen molar-refractivity contribution < 1.29 is 13.9 Å². The van der Waals surface area contributed by atoms with Gasteiger partial charge in [-0.2, -0.15) is 0 Å². The molecule has 0 unspecified atom stereocenters. The maximum atomic E-state index is 14.0. The van der Waals surface area contributed by atoms with Gasteiger partial charge < -0.3 is 14.8 Å². The smallest absolute Gasteiger partial charge is 0.163 e. The molecule has 0 aromatic heterocycles. The van der Waals surface area contributed by atoms with Crippen LogP contribution in [0.2, 0.25) is 10.0 Å². The number of hydrogen-bond acceptors (Lipinski definition) is 3. The van der Waals surface area contributed by atoms with Gasteiger partial charge in [0.25, 0.3) is 0 Å². The zero-order chi connectivity index (χ0) is 20.8. The van der Waals surface area contributed by atoms with Crippen molar-refractivity contribution in [2.45, 2.75) is 20.1 Å². The van der Waals surface area contributed by atoms with Crippen LogP contribution in [0.3, 0.4) is 0 Å². The summed E-state index contributed by atoms with van der Waals surface area (Å²) in [5.41, 5.74) is 2.11. The Hall–Kier alpha value is -1.95. The molecule has 3 aromatic rings. The minimum atomic E-state index is -0.420. The third kappa shape index (κ3) is 5.78. The van der Waals surface area contributed by atoms with Crippen LogP contribution in [0.1, 0.15) is 18.1 Å². The monoisotopic (exact) mass is 497 g/mol. The normalized spacial score (nSPS) is 10.7. The van der Waals surface area contributed by atoms with E-state index in [1.807, 2.05) is 37.3 Å². The first-order valence-corrected chi connectivity index (χ1v) is 10.5. The highest BCUT2D eigenvalue weighted by Crippen LogP contribution is 2.35. The Labute approximate surface area is 187 Å². The minimum Gasteiger partial charge on any atom is -0.490 e. The summed E-state index contributed by atoms with van der Waals surface area (Å²) in [5, 5.41) is 4.15. The van der Waals surface area contributed by atoms with E-state index >= 15 is 0 Å². The van der Waals surface area contributed by atoms with E-state index in [0.717, 1.165) is 15.7 Å². The first kappa shape index (κ1) is 21.8. The fourth-order valence-electron chi connectivity index (χ4n) is 2.68. The molecule has 0 atom stereocenters. The molecule has 0 aliphatic carbocycles. The molecule has 0 aliphatic rings. The summed E-state index contributed by atoms with van der Waals surface area (Å²) in [6, 6.07) is 15.9. The number of hydrogen-bond donors (Lipinski definition) is 1. The third-order valence-corrected chi connectivity index (χ3v) is 5.41. The largest absolute Gasteiger partial charge is 0.490 e. The predicted molar refractivity (Wildman–Crippen MR) is 120 cm³/mol. The van der Waals surface area contributed by atoms with Gasteiger partial charge in [0, 0.05) is 33.4 Å². The first-order valence-electron chi connectivity index (χ1n) is 8.98. The van der Waals surface area contributed by atoms with Gasteiger partial charge in [-0.05, 0) is 55.0 Å². The van der Waals surface area contributed by atoms with E-state index in [4.69, 9.17) is 32.7 Å². The summed E-state index contributed by atoms with van der Waals surface area (Å²) in [5.74, 6) is 0.553. The molecule has 0 saturated carbocycles. The summed E-state index contributed by atoms with van der Waals surface area (Å²) >= 11 is 15.9. The number of rotatable bonds is 8. The molecule has 1 N–H and O–H groups in total. The van der Waals surface area contributed by atoms with Crippen LogP contribution in [-0.2, 0) is 13.2 Å². The minimum absolute atomic E-state index is 0.0294. The van der Waals surface area contributed by atoms with Gasteiger partial charge >= 0.3 is 0 Å². The van der Waals surface area contributed by atoms with E-state index < -0.39 is 5.82 Å². The molecule has 0 fully saturated rings. The summed E-state index contributed by atoms with van der Waals surface area (Å²) in [6.45, 7) is 2.82. The fourth-order valence-corrected chi connectivity index (χ4v) is 3.38. The van der Waals surface area contributed by atoms with Crippen LogP contribution in [0.25, 0.3) is 0 Å². The van der Waals surface area contributed by atoms with E-state index in [-0.39, 0.29) is 12.2 Å². The topological polar surface area (TPSA) is 30.5 Å². The lowest BCUT2D eigenvalue weighted by atomic mass is 10.2. The quantitative estimate of drug-likeness (QED) is 0.349. The van der Waals surface area contributed by atoms with Crippen molar-refractivity contribution in [3.05, 3.63) is 86.1 Å².